The van der Waals surface area contributed by atoms with E-state index in [4.69, 9.17) is 9.26 Å². The Morgan fingerprint density at radius 3 is 2.51 bits per heavy atom. The summed E-state index contributed by atoms with van der Waals surface area (Å²) in [4.78, 5) is 19.4. The molecule has 3 aromatic heterocycles. The molecule has 39 heavy (non-hydrogen) atoms. The van der Waals surface area contributed by atoms with Crippen molar-refractivity contribution in [2.45, 2.75) is 19.8 Å². The molecule has 0 atom stereocenters. The fourth-order valence-corrected chi connectivity index (χ4v) is 4.63. The summed E-state index contributed by atoms with van der Waals surface area (Å²) in [5.74, 6) is 1.17. The Morgan fingerprint density at radius 2 is 1.77 bits per heavy atom. The van der Waals surface area contributed by atoms with E-state index < -0.39 is 0 Å². The van der Waals surface area contributed by atoms with Crippen molar-refractivity contribution in [1.29, 1.82) is 0 Å². The molecule has 10 heteroatoms. The summed E-state index contributed by atoms with van der Waals surface area (Å²) >= 11 is 0. The first-order chi connectivity index (χ1) is 19.1. The number of nitrogens with zero attached hydrogens (tertiary/aromatic N) is 5. The fraction of sp³-hybridized carbons (Fsp3) is 0.241. The van der Waals surface area contributed by atoms with Crippen molar-refractivity contribution < 1.29 is 14.1 Å². The fourth-order valence-electron chi connectivity index (χ4n) is 4.63. The number of anilines is 3. The lowest BCUT2D eigenvalue weighted by molar-refractivity contribution is 0.0988. The maximum Gasteiger partial charge on any atom is 0.294 e. The zero-order valence-corrected chi connectivity index (χ0v) is 21.6. The van der Waals surface area contributed by atoms with Gasteiger partial charge in [-0.2, -0.15) is 4.98 Å². The second-order valence-electron chi connectivity index (χ2n) is 9.53. The minimum Gasteiger partial charge on any atom is -0.492 e. The van der Waals surface area contributed by atoms with Crippen LogP contribution in [0, 0.1) is 6.92 Å². The number of hydrogen-bond acceptors (Lipinski definition) is 8. The van der Waals surface area contributed by atoms with Gasteiger partial charge in [0.15, 0.2) is 5.65 Å². The number of hydrogen-bond donors (Lipinski definition) is 2. The highest BCUT2D eigenvalue weighted by Crippen LogP contribution is 2.24. The molecule has 2 aromatic carbocycles. The van der Waals surface area contributed by atoms with Crippen LogP contribution in [0.25, 0.3) is 16.9 Å². The van der Waals surface area contributed by atoms with E-state index in [-0.39, 0.29) is 11.7 Å². The van der Waals surface area contributed by atoms with Gasteiger partial charge in [-0.05, 0) is 81.4 Å². The van der Waals surface area contributed by atoms with Crippen LogP contribution in [0.2, 0.25) is 0 Å². The van der Waals surface area contributed by atoms with Crippen molar-refractivity contribution in [2.24, 2.45) is 0 Å². The van der Waals surface area contributed by atoms with E-state index >= 15 is 0 Å². The summed E-state index contributed by atoms with van der Waals surface area (Å²) in [5, 5.41) is 14.5. The number of ether oxygens (including phenoxy) is 1. The van der Waals surface area contributed by atoms with Crippen LogP contribution in [0.15, 0.2) is 77.3 Å². The van der Waals surface area contributed by atoms with Crippen molar-refractivity contribution in [2.75, 3.05) is 36.9 Å². The van der Waals surface area contributed by atoms with Gasteiger partial charge in [-0.15, -0.1) is 5.10 Å². The number of likely N-dealkylation sites (tertiary alicyclic amines) is 1. The molecule has 198 valence electrons. The summed E-state index contributed by atoms with van der Waals surface area (Å²) in [6, 6.07) is 22.8. The zero-order valence-electron chi connectivity index (χ0n) is 21.6. The second-order valence-corrected chi connectivity index (χ2v) is 9.53. The predicted octanol–water partition coefficient (Wildman–Crippen LogP) is 5.16. The van der Waals surface area contributed by atoms with Crippen molar-refractivity contribution >= 4 is 28.9 Å². The van der Waals surface area contributed by atoms with Crippen LogP contribution in [0.4, 0.5) is 17.3 Å². The molecule has 1 aliphatic rings. The molecular weight excluding hydrogens is 494 g/mol. The maximum atomic E-state index is 12.3. The molecule has 1 aliphatic heterocycles. The molecule has 2 N–H and O–H groups in total. The molecule has 0 unspecified atom stereocenters. The first kappa shape index (κ1) is 24.6. The van der Waals surface area contributed by atoms with Crippen molar-refractivity contribution in [3.63, 3.8) is 0 Å². The lowest BCUT2D eigenvalue weighted by atomic mass is 10.1. The summed E-state index contributed by atoms with van der Waals surface area (Å²) < 4.78 is 12.7. The molecule has 0 aliphatic carbocycles. The normalized spacial score (nSPS) is 13.6. The molecule has 0 bridgehead atoms. The molecule has 10 nitrogen and oxygen atoms in total. The molecule has 1 saturated heterocycles. The molecule has 6 rings (SSSR count). The van der Waals surface area contributed by atoms with Crippen LogP contribution in [0.5, 0.6) is 5.75 Å². The third kappa shape index (κ3) is 5.75. The van der Waals surface area contributed by atoms with Crippen molar-refractivity contribution in [3.05, 3.63) is 84.3 Å². The minimum absolute atomic E-state index is 0.170. The van der Waals surface area contributed by atoms with Crippen LogP contribution < -0.4 is 15.4 Å². The molecule has 1 amide bonds. The number of fused-ring (bicyclic) bond motifs is 1. The predicted molar refractivity (Wildman–Crippen MR) is 149 cm³/mol. The van der Waals surface area contributed by atoms with E-state index in [1.165, 1.54) is 25.9 Å². The van der Waals surface area contributed by atoms with Gasteiger partial charge in [0.2, 0.25) is 11.7 Å². The second kappa shape index (κ2) is 11.0. The van der Waals surface area contributed by atoms with Gasteiger partial charge >= 0.3 is 0 Å². The minimum atomic E-state index is -0.348. The maximum absolute atomic E-state index is 12.3. The number of rotatable bonds is 9. The Labute approximate surface area is 225 Å². The first-order valence-electron chi connectivity index (χ1n) is 13.0. The smallest absolute Gasteiger partial charge is 0.294 e. The average Bonchev–Trinajstić information content (AvgIpc) is 3.71. The van der Waals surface area contributed by atoms with E-state index in [1.54, 1.807) is 17.5 Å². The van der Waals surface area contributed by atoms with Crippen molar-refractivity contribution in [1.82, 2.24) is 24.7 Å². The molecule has 5 aromatic rings. The molecule has 0 spiro atoms. The van der Waals surface area contributed by atoms with E-state index in [0.717, 1.165) is 34.9 Å². The van der Waals surface area contributed by atoms with Gasteiger partial charge in [0.25, 0.3) is 5.91 Å². The van der Waals surface area contributed by atoms with E-state index in [0.29, 0.717) is 23.9 Å². The third-order valence-electron chi connectivity index (χ3n) is 6.64. The Kier molecular flexibility index (Phi) is 6.92. The highest BCUT2D eigenvalue weighted by atomic mass is 16.5. The monoisotopic (exact) mass is 523 g/mol. The number of aromatic nitrogens is 4. The lowest BCUT2D eigenvalue weighted by Gasteiger charge is -2.15. The molecule has 4 heterocycles. The van der Waals surface area contributed by atoms with E-state index in [1.807, 2.05) is 66.7 Å². The molecular formula is C29H29N7O3. The van der Waals surface area contributed by atoms with Gasteiger partial charge in [-0.3, -0.25) is 9.69 Å². The largest absolute Gasteiger partial charge is 0.492 e. The summed E-state index contributed by atoms with van der Waals surface area (Å²) in [5.41, 5.74) is 4.70. The number of nitrogens with one attached hydrogen (secondary N) is 2. The molecule has 1 fully saturated rings. The molecule has 0 saturated carbocycles. The quantitative estimate of drug-likeness (QED) is 0.273. The number of aryl methyl sites for hydroxylation is 1. The topological polar surface area (TPSA) is 110 Å². The first-order valence-corrected chi connectivity index (χ1v) is 13.0. The van der Waals surface area contributed by atoms with Crippen LogP contribution in [-0.4, -0.2) is 56.8 Å². The summed E-state index contributed by atoms with van der Waals surface area (Å²) in [6.07, 6.45) is 2.58. The lowest BCUT2D eigenvalue weighted by Crippen LogP contribution is -2.25. The summed E-state index contributed by atoms with van der Waals surface area (Å²) in [6.45, 7) is 5.77. The van der Waals surface area contributed by atoms with Crippen LogP contribution in [0.3, 0.4) is 0 Å². The zero-order chi connectivity index (χ0) is 26.6. The third-order valence-corrected chi connectivity index (χ3v) is 6.64. The Morgan fingerprint density at radius 1 is 1.00 bits per heavy atom. The van der Waals surface area contributed by atoms with Gasteiger partial charge < -0.3 is 19.9 Å². The standard InChI is InChI=1S/C29H29N7O3/c1-20-19-26(39-34-20)28(37)30-22-9-7-21(8-10-22)25-5-4-6-27-32-29(33-36(25)27)31-23-11-13-24(14-12-23)38-18-17-35-15-2-3-16-35/h4-14,19H,2-3,15-18H2,1H3,(H,30,37)(H,31,33). The highest BCUT2D eigenvalue weighted by molar-refractivity contribution is 6.02. The highest BCUT2D eigenvalue weighted by Gasteiger charge is 2.14. The molecule has 0 radical (unpaired) electrons. The average molecular weight is 524 g/mol. The SMILES string of the molecule is Cc1cc(C(=O)Nc2ccc(-c3cccc4nc(Nc5ccc(OCCN6CCCC6)cc5)nn34)cc2)on1. The van der Waals surface area contributed by atoms with Gasteiger partial charge in [0.1, 0.15) is 12.4 Å². The van der Waals surface area contributed by atoms with E-state index in [9.17, 15) is 4.79 Å². The van der Waals surface area contributed by atoms with Crippen LogP contribution >= 0.6 is 0 Å². The number of amides is 1. The Hall–Kier alpha value is -4.70. The van der Waals surface area contributed by atoms with Gasteiger partial charge in [-0.25, -0.2) is 4.52 Å². The van der Waals surface area contributed by atoms with Gasteiger partial charge in [0.05, 0.1) is 11.4 Å². The number of benzene rings is 2. The van der Waals surface area contributed by atoms with Gasteiger partial charge in [-0.1, -0.05) is 23.4 Å². The van der Waals surface area contributed by atoms with Crippen molar-refractivity contribution in [3.8, 4) is 17.0 Å². The van der Waals surface area contributed by atoms with Gasteiger partial charge in [0, 0.05) is 29.5 Å². The number of carbonyl (C=O) groups is 1. The Balaban J connectivity index is 1.11. The van der Waals surface area contributed by atoms with Crippen LogP contribution in [0.1, 0.15) is 29.1 Å². The Bertz CT molecular complexity index is 1570. The van der Waals surface area contributed by atoms with E-state index in [2.05, 4.69) is 30.8 Å². The van der Waals surface area contributed by atoms with Crippen LogP contribution in [-0.2, 0) is 0 Å². The number of pyridine rings is 1. The summed E-state index contributed by atoms with van der Waals surface area (Å²) in [7, 11) is 0. The number of carbonyl (C=O) groups excluding carboxylic acids is 1.